The number of aromatic nitrogens is 5. The lowest BCUT2D eigenvalue weighted by atomic mass is 10.1. The van der Waals surface area contributed by atoms with Crippen LogP contribution in [0.2, 0.25) is 0 Å². The molecule has 0 spiro atoms. The summed E-state index contributed by atoms with van der Waals surface area (Å²) in [5.74, 6) is 0.397. The molecule has 0 saturated carbocycles. The third-order valence-electron chi connectivity index (χ3n) is 6.52. The molecule has 2 aliphatic heterocycles. The Labute approximate surface area is 208 Å². The molecule has 4 aromatic heterocycles. The van der Waals surface area contributed by atoms with Gasteiger partial charge >= 0.3 is 0 Å². The van der Waals surface area contributed by atoms with E-state index in [9.17, 15) is 4.79 Å². The van der Waals surface area contributed by atoms with Crippen LogP contribution in [-0.4, -0.2) is 70.0 Å². The van der Waals surface area contributed by atoms with Gasteiger partial charge in [0, 0.05) is 51.1 Å². The van der Waals surface area contributed by atoms with E-state index < -0.39 is 0 Å². The maximum absolute atomic E-state index is 13.3. The van der Waals surface area contributed by atoms with Crippen LogP contribution in [0.3, 0.4) is 0 Å². The Hall–Kier alpha value is -3.99. The Morgan fingerprint density at radius 3 is 2.61 bits per heavy atom. The van der Waals surface area contributed by atoms with Crippen molar-refractivity contribution in [2.45, 2.75) is 19.3 Å². The monoisotopic (exact) mass is 488 g/mol. The first-order valence-corrected chi connectivity index (χ1v) is 12.3. The topological polar surface area (TPSA) is 114 Å². The maximum atomic E-state index is 13.3. The molecule has 2 saturated heterocycles. The van der Waals surface area contributed by atoms with Crippen molar-refractivity contribution in [3.8, 4) is 11.3 Å². The number of nitrogens with zero attached hydrogens (tertiary/aromatic N) is 7. The number of aryl methyl sites for hydroxylation is 1. The average Bonchev–Trinajstić information content (AvgIpc) is 3.55. The fraction of sp³-hybridized carbons (Fsp3) is 0.400. The first-order valence-electron chi connectivity index (χ1n) is 12.3. The van der Waals surface area contributed by atoms with Crippen molar-refractivity contribution in [3.05, 3.63) is 42.4 Å². The highest BCUT2D eigenvalue weighted by molar-refractivity contribution is 6.05. The smallest absolute Gasteiger partial charge is 0.300 e. The minimum absolute atomic E-state index is 0.312. The number of hydrogen-bond donors (Lipinski definition) is 1. The molecule has 6 rings (SSSR count). The second-order valence-corrected chi connectivity index (χ2v) is 9.09. The maximum Gasteiger partial charge on any atom is 0.300 e. The van der Waals surface area contributed by atoms with Gasteiger partial charge in [0.25, 0.3) is 11.9 Å². The van der Waals surface area contributed by atoms with E-state index in [-0.39, 0.29) is 5.91 Å². The van der Waals surface area contributed by atoms with Gasteiger partial charge in [-0.1, -0.05) is 6.07 Å². The Morgan fingerprint density at radius 2 is 1.83 bits per heavy atom. The van der Waals surface area contributed by atoms with Gasteiger partial charge in [-0.2, -0.15) is 10.1 Å². The average molecular weight is 489 g/mol. The van der Waals surface area contributed by atoms with E-state index >= 15 is 0 Å². The van der Waals surface area contributed by atoms with E-state index in [1.165, 1.54) is 6.42 Å². The number of anilines is 3. The Bertz CT molecular complexity index is 1390. The van der Waals surface area contributed by atoms with E-state index in [0.717, 1.165) is 31.5 Å². The summed E-state index contributed by atoms with van der Waals surface area (Å²) < 4.78 is 13.2. The van der Waals surface area contributed by atoms with Crippen LogP contribution in [0.4, 0.5) is 17.5 Å². The summed E-state index contributed by atoms with van der Waals surface area (Å²) in [5, 5.41) is 7.24. The third-order valence-corrected chi connectivity index (χ3v) is 6.52. The second-order valence-electron chi connectivity index (χ2n) is 9.09. The first kappa shape index (κ1) is 22.5. The Kier molecular flexibility index (Phi) is 5.98. The van der Waals surface area contributed by atoms with Crippen LogP contribution < -0.4 is 15.1 Å². The molecule has 0 aromatic carbocycles. The van der Waals surface area contributed by atoms with Gasteiger partial charge in [0.15, 0.2) is 11.4 Å². The SMILES string of the molecule is Cn1cc(-c2cccc(C(=O)Nc3cc4oc(N5CCOCC5)nc4nc3N3CCCCC3)n2)cn1. The van der Waals surface area contributed by atoms with Crippen LogP contribution in [0, 0.1) is 0 Å². The molecule has 1 N–H and O–H groups in total. The fourth-order valence-corrected chi connectivity index (χ4v) is 4.63. The first-order chi connectivity index (χ1) is 17.6. The number of morpholine rings is 1. The lowest BCUT2D eigenvalue weighted by Crippen LogP contribution is -2.36. The Morgan fingerprint density at radius 1 is 1.00 bits per heavy atom. The number of carbonyl (C=O) groups excluding carboxylic acids is 1. The molecule has 2 fully saturated rings. The summed E-state index contributed by atoms with van der Waals surface area (Å²) in [6.45, 7) is 4.46. The van der Waals surface area contributed by atoms with E-state index in [2.05, 4.69) is 30.2 Å². The number of pyridine rings is 2. The van der Waals surface area contributed by atoms with Gasteiger partial charge in [-0.3, -0.25) is 9.48 Å². The van der Waals surface area contributed by atoms with Crippen LogP contribution in [0.15, 0.2) is 41.1 Å². The number of amides is 1. The van der Waals surface area contributed by atoms with E-state index in [4.69, 9.17) is 14.1 Å². The molecule has 186 valence electrons. The lowest BCUT2D eigenvalue weighted by molar-refractivity contribution is 0.102. The molecule has 11 nitrogen and oxygen atoms in total. The highest BCUT2D eigenvalue weighted by Gasteiger charge is 2.23. The van der Waals surface area contributed by atoms with Crippen molar-refractivity contribution < 1.29 is 13.9 Å². The normalized spacial score (nSPS) is 16.5. The number of nitrogens with one attached hydrogen (secondary N) is 1. The van der Waals surface area contributed by atoms with Crippen LogP contribution in [0.1, 0.15) is 29.8 Å². The lowest BCUT2D eigenvalue weighted by Gasteiger charge is -2.29. The molecule has 0 unspecified atom stereocenters. The zero-order valence-electron chi connectivity index (χ0n) is 20.2. The van der Waals surface area contributed by atoms with E-state index in [1.54, 1.807) is 16.9 Å². The van der Waals surface area contributed by atoms with Gasteiger partial charge in [0.05, 0.1) is 30.8 Å². The summed E-state index contributed by atoms with van der Waals surface area (Å²) in [6.07, 6.45) is 6.95. The third kappa shape index (κ3) is 4.49. The molecule has 0 bridgehead atoms. The standard InChI is InChI=1S/C25H28N8O3/c1-31-16-17(15-26-31)18-6-5-7-19(27-18)24(34)28-20-14-21-22(29-23(20)32-8-3-2-4-9-32)30-25(36-21)33-10-12-35-13-11-33/h5-7,14-16H,2-4,8-13H2,1H3,(H,28,34). The van der Waals surface area contributed by atoms with Crippen molar-refractivity contribution in [1.29, 1.82) is 0 Å². The number of hydrogen-bond acceptors (Lipinski definition) is 9. The van der Waals surface area contributed by atoms with Crippen molar-refractivity contribution >= 4 is 34.7 Å². The van der Waals surface area contributed by atoms with Crippen molar-refractivity contribution in [2.24, 2.45) is 7.05 Å². The van der Waals surface area contributed by atoms with Crippen LogP contribution in [0.5, 0.6) is 0 Å². The molecule has 36 heavy (non-hydrogen) atoms. The van der Waals surface area contributed by atoms with Gasteiger partial charge in [-0.05, 0) is 31.4 Å². The molecule has 0 atom stereocenters. The highest BCUT2D eigenvalue weighted by atomic mass is 16.5. The van der Waals surface area contributed by atoms with Crippen LogP contribution in [0.25, 0.3) is 22.5 Å². The summed E-state index contributed by atoms with van der Waals surface area (Å²) in [7, 11) is 1.85. The zero-order chi connectivity index (χ0) is 24.5. The van der Waals surface area contributed by atoms with Crippen LogP contribution in [-0.2, 0) is 11.8 Å². The van der Waals surface area contributed by atoms with Gasteiger partial charge in [0.1, 0.15) is 5.69 Å². The molecule has 1 amide bonds. The fourth-order valence-electron chi connectivity index (χ4n) is 4.63. The predicted octanol–water partition coefficient (Wildman–Crippen LogP) is 3.10. The van der Waals surface area contributed by atoms with Gasteiger partial charge in [-0.25, -0.2) is 9.97 Å². The quantitative estimate of drug-likeness (QED) is 0.452. The number of fused-ring (bicyclic) bond motifs is 1. The van der Waals surface area contributed by atoms with Crippen molar-refractivity contribution in [1.82, 2.24) is 24.7 Å². The van der Waals surface area contributed by atoms with E-state index in [1.807, 2.05) is 31.4 Å². The number of carbonyl (C=O) groups is 1. The molecular formula is C25H28N8O3. The predicted molar refractivity (Wildman–Crippen MR) is 135 cm³/mol. The molecule has 11 heteroatoms. The molecule has 0 radical (unpaired) electrons. The number of piperidine rings is 1. The highest BCUT2D eigenvalue weighted by Crippen LogP contribution is 2.32. The molecular weight excluding hydrogens is 460 g/mol. The Balaban J connectivity index is 1.33. The van der Waals surface area contributed by atoms with Crippen molar-refractivity contribution in [2.75, 3.05) is 54.5 Å². The molecule has 2 aliphatic rings. The van der Waals surface area contributed by atoms with Crippen molar-refractivity contribution in [3.63, 3.8) is 0 Å². The zero-order valence-corrected chi connectivity index (χ0v) is 20.2. The van der Waals surface area contributed by atoms with E-state index in [0.29, 0.717) is 66.4 Å². The molecule has 4 aromatic rings. The minimum atomic E-state index is -0.312. The van der Waals surface area contributed by atoms with Gasteiger partial charge in [-0.15, -0.1) is 0 Å². The van der Waals surface area contributed by atoms with Gasteiger partial charge in [0.2, 0.25) is 5.65 Å². The summed E-state index contributed by atoms with van der Waals surface area (Å²) in [4.78, 5) is 31.6. The molecule has 0 aliphatic carbocycles. The second kappa shape index (κ2) is 9.57. The summed E-state index contributed by atoms with van der Waals surface area (Å²) in [6, 6.07) is 7.74. The largest absolute Gasteiger partial charge is 0.422 e. The summed E-state index contributed by atoms with van der Waals surface area (Å²) >= 11 is 0. The molecule has 6 heterocycles. The minimum Gasteiger partial charge on any atom is -0.422 e. The van der Waals surface area contributed by atoms with Crippen LogP contribution >= 0.6 is 0 Å². The number of ether oxygens (including phenoxy) is 1. The summed E-state index contributed by atoms with van der Waals surface area (Å²) in [5.41, 5.74) is 3.50. The van der Waals surface area contributed by atoms with Gasteiger partial charge < -0.3 is 24.3 Å². The number of rotatable bonds is 5. The number of oxazole rings is 1.